The second kappa shape index (κ2) is 4.32. The summed E-state index contributed by atoms with van der Waals surface area (Å²) >= 11 is 0. The Bertz CT molecular complexity index is 690. The topological polar surface area (TPSA) is 136 Å². The zero-order valence-electron chi connectivity index (χ0n) is 10.1. The molecule has 2 rings (SSSR count). The summed E-state index contributed by atoms with van der Waals surface area (Å²) < 4.78 is 23.6. The highest BCUT2D eigenvalue weighted by atomic mass is 32.2. The molecule has 0 bridgehead atoms. The van der Waals surface area contributed by atoms with Gasteiger partial charge in [0.2, 0.25) is 0 Å². The normalized spacial score (nSPS) is 19.8. The molecule has 0 saturated carbocycles. The number of hydrogen-bond donors (Lipinski definition) is 3. The second-order valence-corrected chi connectivity index (χ2v) is 6.35. The Morgan fingerprint density at radius 3 is 2.63 bits per heavy atom. The second-order valence-electron chi connectivity index (χ2n) is 4.34. The first-order valence-electron chi connectivity index (χ1n) is 5.41. The highest BCUT2D eigenvalue weighted by Gasteiger charge is 2.34. The Morgan fingerprint density at radius 1 is 1.42 bits per heavy atom. The van der Waals surface area contributed by atoms with Crippen molar-refractivity contribution in [1.29, 1.82) is 0 Å². The summed E-state index contributed by atoms with van der Waals surface area (Å²) in [5.41, 5.74) is 11.1. The van der Waals surface area contributed by atoms with Crippen LogP contribution in [0.3, 0.4) is 0 Å². The number of nitrogens with two attached hydrogens (primary N) is 2. The van der Waals surface area contributed by atoms with Crippen molar-refractivity contribution in [3.05, 3.63) is 28.8 Å². The lowest BCUT2D eigenvalue weighted by molar-refractivity contribution is 0.100. The Morgan fingerprint density at radius 2 is 2.05 bits per heavy atom. The van der Waals surface area contributed by atoms with E-state index in [1.54, 1.807) is 6.92 Å². The van der Waals surface area contributed by atoms with Crippen LogP contribution < -0.4 is 11.5 Å². The van der Waals surface area contributed by atoms with E-state index >= 15 is 0 Å². The fourth-order valence-electron chi connectivity index (χ4n) is 2.04. The number of aliphatic hydroxyl groups excluding tert-OH is 1. The molecule has 8 heteroatoms. The molecule has 1 aromatic rings. The standard InChI is InChI=1S/C11H13N3O4S/c1-5-2-7-8(15)4-19(17,18)9(7)3-6(5)10(16)14-11(12)13/h2-3,8,15H,4H2,1H3,(H4,12,13,14,16). The molecule has 1 aliphatic heterocycles. The Labute approximate surface area is 109 Å². The lowest BCUT2D eigenvalue weighted by atomic mass is 10.0. The molecule has 0 fully saturated rings. The molecule has 19 heavy (non-hydrogen) atoms. The summed E-state index contributed by atoms with van der Waals surface area (Å²) in [6.45, 7) is 1.62. The number of carbonyl (C=O) groups excluding carboxylic acids is 1. The van der Waals surface area contributed by atoms with E-state index in [9.17, 15) is 18.3 Å². The Balaban J connectivity index is 2.63. The van der Waals surface area contributed by atoms with Crippen LogP contribution in [-0.4, -0.2) is 31.1 Å². The van der Waals surface area contributed by atoms with E-state index in [0.717, 1.165) is 0 Å². The predicted octanol–water partition coefficient (Wildman–Crippen LogP) is -0.771. The minimum absolute atomic E-state index is 0.0419. The van der Waals surface area contributed by atoms with Gasteiger partial charge in [-0.15, -0.1) is 0 Å². The number of hydrogen-bond acceptors (Lipinski definition) is 4. The number of sulfone groups is 1. The van der Waals surface area contributed by atoms with Gasteiger partial charge in [-0.05, 0) is 18.6 Å². The number of nitrogens with zero attached hydrogens (tertiary/aromatic N) is 1. The van der Waals surface area contributed by atoms with Crippen molar-refractivity contribution in [1.82, 2.24) is 0 Å². The number of rotatable bonds is 1. The maximum Gasteiger partial charge on any atom is 0.280 e. The van der Waals surface area contributed by atoms with E-state index in [0.29, 0.717) is 11.1 Å². The van der Waals surface area contributed by atoms with Crippen LogP contribution in [0.4, 0.5) is 0 Å². The van der Waals surface area contributed by atoms with E-state index < -0.39 is 27.8 Å². The molecule has 1 heterocycles. The van der Waals surface area contributed by atoms with Gasteiger partial charge in [-0.3, -0.25) is 4.79 Å². The van der Waals surface area contributed by atoms with Crippen molar-refractivity contribution in [3.8, 4) is 0 Å². The molecule has 1 aromatic carbocycles. The maximum absolute atomic E-state index is 11.8. The average Bonchev–Trinajstić information content (AvgIpc) is 2.47. The van der Waals surface area contributed by atoms with Crippen molar-refractivity contribution in [2.45, 2.75) is 17.9 Å². The smallest absolute Gasteiger partial charge is 0.280 e. The number of amides is 1. The highest BCUT2D eigenvalue weighted by Crippen LogP contribution is 2.35. The third-order valence-electron chi connectivity index (χ3n) is 2.89. The zero-order valence-corrected chi connectivity index (χ0v) is 10.9. The minimum Gasteiger partial charge on any atom is -0.387 e. The summed E-state index contributed by atoms with van der Waals surface area (Å²) in [6, 6.07) is 2.69. The number of fused-ring (bicyclic) bond motifs is 1. The first kappa shape index (κ1) is 13.5. The van der Waals surface area contributed by atoms with Gasteiger partial charge in [0.1, 0.15) is 0 Å². The van der Waals surface area contributed by atoms with Crippen LogP contribution >= 0.6 is 0 Å². The third-order valence-corrected chi connectivity index (χ3v) is 4.67. The summed E-state index contributed by atoms with van der Waals surface area (Å²) in [5, 5.41) is 9.68. The fraction of sp³-hybridized carbons (Fsp3) is 0.273. The molecule has 0 spiro atoms. The molecule has 7 nitrogen and oxygen atoms in total. The molecular formula is C11H13N3O4S. The van der Waals surface area contributed by atoms with Gasteiger partial charge in [0.05, 0.1) is 16.8 Å². The van der Waals surface area contributed by atoms with Gasteiger partial charge in [-0.25, -0.2) is 8.42 Å². The monoisotopic (exact) mass is 283 g/mol. The lowest BCUT2D eigenvalue weighted by Crippen LogP contribution is -2.24. The zero-order chi connectivity index (χ0) is 14.4. The van der Waals surface area contributed by atoms with Crippen LogP contribution in [0.25, 0.3) is 0 Å². The number of aliphatic imine (C=N–C) groups is 1. The molecule has 0 saturated heterocycles. The predicted molar refractivity (Wildman–Crippen MR) is 68.3 cm³/mol. The molecule has 0 radical (unpaired) electrons. The quantitative estimate of drug-likeness (QED) is 0.457. The van der Waals surface area contributed by atoms with Gasteiger partial charge in [0, 0.05) is 11.1 Å². The van der Waals surface area contributed by atoms with Crippen molar-refractivity contribution >= 4 is 21.7 Å². The van der Waals surface area contributed by atoms with Gasteiger partial charge >= 0.3 is 0 Å². The number of carbonyl (C=O) groups is 1. The first-order valence-corrected chi connectivity index (χ1v) is 7.07. The van der Waals surface area contributed by atoms with E-state index in [1.807, 2.05) is 0 Å². The molecule has 1 aliphatic rings. The largest absolute Gasteiger partial charge is 0.387 e. The van der Waals surface area contributed by atoms with Crippen LogP contribution in [0.5, 0.6) is 0 Å². The number of aliphatic hydroxyl groups is 1. The van der Waals surface area contributed by atoms with Gasteiger partial charge < -0.3 is 16.6 Å². The van der Waals surface area contributed by atoms with Crippen molar-refractivity contribution < 1.29 is 18.3 Å². The van der Waals surface area contributed by atoms with E-state index in [4.69, 9.17) is 11.5 Å². The van der Waals surface area contributed by atoms with Gasteiger partial charge in [-0.1, -0.05) is 6.07 Å². The van der Waals surface area contributed by atoms with E-state index in [2.05, 4.69) is 4.99 Å². The number of guanidine groups is 1. The van der Waals surface area contributed by atoms with Crippen LogP contribution in [-0.2, 0) is 9.84 Å². The maximum atomic E-state index is 11.8. The fourth-order valence-corrected chi connectivity index (χ4v) is 3.66. The Hall–Kier alpha value is -1.93. The molecule has 102 valence electrons. The van der Waals surface area contributed by atoms with Gasteiger partial charge in [0.15, 0.2) is 15.8 Å². The van der Waals surface area contributed by atoms with Crippen molar-refractivity contribution in [3.63, 3.8) is 0 Å². The number of aryl methyl sites for hydroxylation is 1. The van der Waals surface area contributed by atoms with Crippen molar-refractivity contribution in [2.24, 2.45) is 16.5 Å². The van der Waals surface area contributed by atoms with E-state index in [-0.39, 0.29) is 16.2 Å². The van der Waals surface area contributed by atoms with Crippen molar-refractivity contribution in [2.75, 3.05) is 5.75 Å². The van der Waals surface area contributed by atoms with Crippen LogP contribution in [0.2, 0.25) is 0 Å². The molecule has 1 atom stereocenters. The molecule has 1 amide bonds. The highest BCUT2D eigenvalue weighted by molar-refractivity contribution is 7.91. The third kappa shape index (κ3) is 2.32. The molecular weight excluding hydrogens is 270 g/mol. The molecule has 0 aliphatic carbocycles. The van der Waals surface area contributed by atoms with Crippen LogP contribution in [0, 0.1) is 6.92 Å². The van der Waals surface area contributed by atoms with Gasteiger partial charge in [-0.2, -0.15) is 4.99 Å². The lowest BCUT2D eigenvalue weighted by Gasteiger charge is -2.07. The van der Waals surface area contributed by atoms with Crippen LogP contribution in [0.1, 0.15) is 27.6 Å². The molecule has 1 unspecified atom stereocenters. The average molecular weight is 283 g/mol. The van der Waals surface area contributed by atoms with Gasteiger partial charge in [0.25, 0.3) is 5.91 Å². The first-order chi connectivity index (χ1) is 8.72. The summed E-state index contributed by atoms with van der Waals surface area (Å²) in [7, 11) is -3.57. The summed E-state index contributed by atoms with van der Waals surface area (Å²) in [4.78, 5) is 15.1. The summed E-state index contributed by atoms with van der Waals surface area (Å²) in [6.07, 6.45) is -1.06. The molecule has 0 aromatic heterocycles. The SMILES string of the molecule is Cc1cc2c(cc1C(=O)N=C(N)N)S(=O)(=O)CC2O. The molecule has 5 N–H and O–H groups in total. The van der Waals surface area contributed by atoms with E-state index in [1.165, 1.54) is 12.1 Å². The number of benzene rings is 1. The minimum atomic E-state index is -3.57. The Kier molecular flexibility index (Phi) is 3.07. The summed E-state index contributed by atoms with van der Waals surface area (Å²) in [5.74, 6) is -1.48. The van der Waals surface area contributed by atoms with Crippen LogP contribution in [0.15, 0.2) is 22.0 Å².